The number of ether oxygens (including phenoxy) is 1. The van der Waals surface area contributed by atoms with Gasteiger partial charge in [-0.2, -0.15) is 5.26 Å². The van der Waals surface area contributed by atoms with E-state index in [1.165, 1.54) is 7.11 Å². The van der Waals surface area contributed by atoms with Gasteiger partial charge in [-0.25, -0.2) is 0 Å². The zero-order valence-electron chi connectivity index (χ0n) is 12.3. The van der Waals surface area contributed by atoms with E-state index in [9.17, 15) is 10.1 Å². The van der Waals surface area contributed by atoms with Gasteiger partial charge < -0.3 is 15.0 Å². The van der Waals surface area contributed by atoms with Gasteiger partial charge in [0.2, 0.25) is 0 Å². The minimum absolute atomic E-state index is 0.186. The average Bonchev–Trinajstić information content (AvgIpc) is 2.55. The number of esters is 1. The number of carbonyl (C=O) groups excluding carboxylic acids is 1. The molecule has 0 aromatic heterocycles. The number of rotatable bonds is 5. The Morgan fingerprint density at radius 2 is 2.05 bits per heavy atom. The first kappa shape index (κ1) is 15.3. The number of methoxy groups -OCH3 is 1. The lowest BCUT2D eigenvalue weighted by Gasteiger charge is -2.38. The van der Waals surface area contributed by atoms with Gasteiger partial charge in [-0.05, 0) is 25.0 Å². The molecule has 0 spiro atoms. The van der Waals surface area contributed by atoms with Crippen LogP contribution in [0.2, 0.25) is 0 Å². The Morgan fingerprint density at radius 1 is 1.38 bits per heavy atom. The van der Waals surface area contributed by atoms with E-state index in [1.807, 2.05) is 30.3 Å². The van der Waals surface area contributed by atoms with Gasteiger partial charge in [-0.1, -0.05) is 18.2 Å². The first-order chi connectivity index (χ1) is 10.2. The summed E-state index contributed by atoms with van der Waals surface area (Å²) in [5, 5.41) is 12.9. The molecule has 1 heterocycles. The van der Waals surface area contributed by atoms with Crippen molar-refractivity contribution in [3.63, 3.8) is 0 Å². The first-order valence-electron chi connectivity index (χ1n) is 7.21. The van der Waals surface area contributed by atoms with E-state index in [1.54, 1.807) is 0 Å². The minimum atomic E-state index is -0.511. The quantitative estimate of drug-likeness (QED) is 0.839. The highest BCUT2D eigenvalue weighted by atomic mass is 16.5. The molecule has 2 rings (SSSR count). The van der Waals surface area contributed by atoms with E-state index in [4.69, 9.17) is 0 Å². The van der Waals surface area contributed by atoms with Gasteiger partial charge in [-0.15, -0.1) is 0 Å². The molecule has 0 radical (unpaired) electrons. The van der Waals surface area contributed by atoms with Crippen LogP contribution in [-0.2, 0) is 9.53 Å². The Kier molecular flexibility index (Phi) is 5.18. The number of hydrogen-bond acceptors (Lipinski definition) is 5. The van der Waals surface area contributed by atoms with Crippen LogP contribution < -0.4 is 5.32 Å². The van der Waals surface area contributed by atoms with E-state index in [2.05, 4.69) is 21.0 Å². The van der Waals surface area contributed by atoms with Crippen molar-refractivity contribution < 1.29 is 9.53 Å². The van der Waals surface area contributed by atoms with E-state index in [-0.39, 0.29) is 5.97 Å². The van der Waals surface area contributed by atoms with Gasteiger partial charge >= 0.3 is 5.97 Å². The normalized spacial score (nSPS) is 17.7. The molecule has 1 aromatic carbocycles. The number of para-hydroxylation sites is 1. The van der Waals surface area contributed by atoms with Gasteiger partial charge in [0.15, 0.2) is 0 Å². The van der Waals surface area contributed by atoms with Crippen molar-refractivity contribution in [1.82, 2.24) is 4.90 Å². The van der Waals surface area contributed by atoms with Crippen molar-refractivity contribution in [2.75, 3.05) is 32.1 Å². The minimum Gasteiger partial charge on any atom is -0.469 e. The Balaban J connectivity index is 1.88. The van der Waals surface area contributed by atoms with E-state index in [0.717, 1.165) is 31.6 Å². The van der Waals surface area contributed by atoms with Crippen molar-refractivity contribution in [1.29, 1.82) is 5.26 Å². The molecule has 112 valence electrons. The second kappa shape index (κ2) is 7.09. The summed E-state index contributed by atoms with van der Waals surface area (Å²) in [7, 11) is 1.41. The summed E-state index contributed by atoms with van der Waals surface area (Å²) in [6.07, 6.45) is 1.90. The number of nitrogens with zero attached hydrogens (tertiary/aromatic N) is 2. The summed E-state index contributed by atoms with van der Waals surface area (Å²) in [6, 6.07) is 12.3. The molecule has 1 N–H and O–H groups in total. The number of anilines is 1. The van der Waals surface area contributed by atoms with Crippen LogP contribution in [0, 0.1) is 11.3 Å². The summed E-state index contributed by atoms with van der Waals surface area (Å²) in [5.74, 6) is -0.186. The van der Waals surface area contributed by atoms with Gasteiger partial charge in [0, 0.05) is 25.3 Å². The molecule has 1 fully saturated rings. The lowest BCUT2D eigenvalue weighted by atomic mass is 9.88. The number of hydrogen-bond donors (Lipinski definition) is 1. The molecule has 0 bridgehead atoms. The van der Waals surface area contributed by atoms with Gasteiger partial charge in [0.1, 0.15) is 5.54 Å². The Morgan fingerprint density at radius 3 is 2.62 bits per heavy atom. The third-order valence-corrected chi connectivity index (χ3v) is 3.94. The number of benzene rings is 1. The second-order valence-corrected chi connectivity index (χ2v) is 5.35. The van der Waals surface area contributed by atoms with E-state index < -0.39 is 5.54 Å². The highest BCUT2D eigenvalue weighted by molar-refractivity contribution is 5.69. The molecule has 5 heteroatoms. The van der Waals surface area contributed by atoms with Crippen LogP contribution in [0.4, 0.5) is 5.69 Å². The highest BCUT2D eigenvalue weighted by Gasteiger charge is 2.34. The summed E-state index contributed by atoms with van der Waals surface area (Å²) in [6.45, 7) is 2.31. The van der Waals surface area contributed by atoms with Crippen LogP contribution in [0.3, 0.4) is 0 Å². The van der Waals surface area contributed by atoms with Crippen molar-refractivity contribution in [3.8, 4) is 6.07 Å². The highest BCUT2D eigenvalue weighted by Crippen LogP contribution is 2.26. The van der Waals surface area contributed by atoms with Crippen LogP contribution in [0.25, 0.3) is 0 Å². The third kappa shape index (κ3) is 4.20. The smallest absolute Gasteiger partial charge is 0.306 e. The number of nitriles is 1. The molecular formula is C16H21N3O2. The lowest BCUT2D eigenvalue weighted by Crippen LogP contribution is -2.48. The SMILES string of the molecule is COC(=O)CCN1CCC(C#N)(Nc2ccccc2)CC1. The fourth-order valence-corrected chi connectivity index (χ4v) is 2.57. The molecule has 0 atom stereocenters. The maximum Gasteiger partial charge on any atom is 0.306 e. The maximum absolute atomic E-state index is 11.2. The van der Waals surface area contributed by atoms with E-state index in [0.29, 0.717) is 13.0 Å². The summed E-state index contributed by atoms with van der Waals surface area (Å²) in [5.41, 5.74) is 0.463. The average molecular weight is 287 g/mol. The fourth-order valence-electron chi connectivity index (χ4n) is 2.57. The number of nitrogens with one attached hydrogen (secondary N) is 1. The molecule has 1 aliphatic rings. The van der Waals surface area contributed by atoms with Crippen molar-refractivity contribution >= 4 is 11.7 Å². The second-order valence-electron chi connectivity index (χ2n) is 5.35. The van der Waals surface area contributed by atoms with Crippen molar-refractivity contribution in [3.05, 3.63) is 30.3 Å². The Bertz CT molecular complexity index is 502. The standard InChI is InChI=1S/C16H21N3O2/c1-21-15(20)7-10-19-11-8-16(13-17,9-12-19)18-14-5-3-2-4-6-14/h2-6,18H,7-12H2,1H3. The summed E-state index contributed by atoms with van der Waals surface area (Å²) in [4.78, 5) is 13.4. The largest absolute Gasteiger partial charge is 0.469 e. The monoisotopic (exact) mass is 287 g/mol. The fraction of sp³-hybridized carbons (Fsp3) is 0.500. The molecule has 0 saturated carbocycles. The lowest BCUT2D eigenvalue weighted by molar-refractivity contribution is -0.141. The molecular weight excluding hydrogens is 266 g/mol. The van der Waals surface area contributed by atoms with Gasteiger partial charge in [-0.3, -0.25) is 4.79 Å². The molecule has 1 aromatic rings. The third-order valence-electron chi connectivity index (χ3n) is 3.94. The predicted octanol–water partition coefficient (Wildman–Crippen LogP) is 2.02. The number of piperidine rings is 1. The zero-order valence-corrected chi connectivity index (χ0v) is 12.3. The Hall–Kier alpha value is -2.06. The summed E-state index contributed by atoms with van der Waals surface area (Å²) >= 11 is 0. The molecule has 1 aliphatic heterocycles. The zero-order chi connectivity index (χ0) is 15.1. The predicted molar refractivity (Wildman–Crippen MR) is 80.7 cm³/mol. The van der Waals surface area contributed by atoms with Crippen LogP contribution >= 0.6 is 0 Å². The van der Waals surface area contributed by atoms with Crippen LogP contribution in [0.1, 0.15) is 19.3 Å². The first-order valence-corrected chi connectivity index (χ1v) is 7.21. The van der Waals surface area contributed by atoms with E-state index >= 15 is 0 Å². The van der Waals surface area contributed by atoms with Crippen LogP contribution in [0.15, 0.2) is 30.3 Å². The van der Waals surface area contributed by atoms with Crippen LogP contribution in [0.5, 0.6) is 0 Å². The van der Waals surface area contributed by atoms with Crippen molar-refractivity contribution in [2.45, 2.75) is 24.8 Å². The van der Waals surface area contributed by atoms with Gasteiger partial charge in [0.25, 0.3) is 0 Å². The Labute approximate surface area is 125 Å². The van der Waals surface area contributed by atoms with Crippen LogP contribution in [-0.4, -0.2) is 43.2 Å². The topological polar surface area (TPSA) is 65.4 Å². The summed E-state index contributed by atoms with van der Waals surface area (Å²) < 4.78 is 4.65. The molecule has 5 nitrogen and oxygen atoms in total. The van der Waals surface area contributed by atoms with Crippen molar-refractivity contribution in [2.24, 2.45) is 0 Å². The number of carbonyl (C=O) groups is 1. The maximum atomic E-state index is 11.2. The molecule has 0 amide bonds. The molecule has 0 aliphatic carbocycles. The molecule has 0 unspecified atom stereocenters. The number of likely N-dealkylation sites (tertiary alicyclic amines) is 1. The van der Waals surface area contributed by atoms with Gasteiger partial charge in [0.05, 0.1) is 19.6 Å². The molecule has 21 heavy (non-hydrogen) atoms. The molecule has 1 saturated heterocycles.